The van der Waals surface area contributed by atoms with E-state index in [1.165, 1.54) is 6.07 Å². The fraction of sp³-hybridized carbons (Fsp3) is 0.375. The van der Waals surface area contributed by atoms with E-state index in [0.29, 0.717) is 12.2 Å². The maximum absolute atomic E-state index is 14.6. The van der Waals surface area contributed by atoms with Crippen molar-refractivity contribution in [2.24, 2.45) is 0 Å². The first-order valence-electron chi connectivity index (χ1n) is 10.5. The summed E-state index contributed by atoms with van der Waals surface area (Å²) in [5, 5.41) is 14.3. The lowest BCUT2D eigenvalue weighted by atomic mass is 9.97. The van der Waals surface area contributed by atoms with Crippen molar-refractivity contribution in [2.75, 3.05) is 6.54 Å². The molecular formula is C24H30FN5O. The standard InChI is InChI=1S/C24H30FN5O/c1-15(2)22(8-6-7-17(5)23-29-27-14-30(23)16(3)4)28-24(31)20-11-19-13-26-10-9-18(19)12-21(20)25/h6-8,11-12,14,16,26H,9-10,13H2,1-5H3,(H,28,31)/b8-6-,17-7+. The maximum atomic E-state index is 14.6. The van der Waals surface area contributed by atoms with Gasteiger partial charge in [0.1, 0.15) is 12.1 Å². The number of fused-ring (bicyclic) bond motifs is 1. The summed E-state index contributed by atoms with van der Waals surface area (Å²) in [5.74, 6) is -0.141. The fourth-order valence-corrected chi connectivity index (χ4v) is 3.47. The van der Waals surface area contributed by atoms with Crippen LogP contribution in [0.5, 0.6) is 0 Å². The van der Waals surface area contributed by atoms with Crippen molar-refractivity contribution in [2.45, 2.75) is 53.6 Å². The molecule has 0 unspecified atom stereocenters. The van der Waals surface area contributed by atoms with Crippen LogP contribution in [0.1, 0.15) is 68.0 Å². The van der Waals surface area contributed by atoms with E-state index in [0.717, 1.165) is 41.1 Å². The summed E-state index contributed by atoms with van der Waals surface area (Å²) in [5.41, 5.74) is 4.50. The molecule has 2 N–H and O–H groups in total. The normalized spacial score (nSPS) is 14.1. The lowest BCUT2D eigenvalue weighted by molar-refractivity contribution is 0.0962. The second kappa shape index (κ2) is 9.83. The molecule has 1 aliphatic heterocycles. The molecule has 1 amide bonds. The van der Waals surface area contributed by atoms with Gasteiger partial charge in [0.15, 0.2) is 5.82 Å². The van der Waals surface area contributed by atoms with Crippen LogP contribution in [0.2, 0.25) is 0 Å². The molecule has 1 aromatic heterocycles. The summed E-state index contributed by atoms with van der Waals surface area (Å²) in [6, 6.07) is 3.40. The number of nitrogens with one attached hydrogen (secondary N) is 2. The molecule has 31 heavy (non-hydrogen) atoms. The second-order valence-electron chi connectivity index (χ2n) is 8.26. The lowest BCUT2D eigenvalue weighted by Gasteiger charge is -2.18. The van der Waals surface area contributed by atoms with Gasteiger partial charge in [0.2, 0.25) is 0 Å². The molecule has 0 saturated heterocycles. The van der Waals surface area contributed by atoms with E-state index in [1.54, 1.807) is 12.4 Å². The van der Waals surface area contributed by atoms with Crippen LogP contribution in [0, 0.1) is 5.82 Å². The SMILES string of the molecule is CC(C)=C(/C=C\C=C(/C)c1nncn1C(C)C)NC(=O)c1cc2c(cc1F)CCNC2. The van der Waals surface area contributed by atoms with Crippen molar-refractivity contribution in [3.63, 3.8) is 0 Å². The molecule has 164 valence electrons. The Labute approximate surface area is 183 Å². The molecule has 1 aliphatic rings. The Morgan fingerprint density at radius 3 is 2.74 bits per heavy atom. The minimum Gasteiger partial charge on any atom is -0.322 e. The predicted octanol–water partition coefficient (Wildman–Crippen LogP) is 4.33. The first-order valence-corrected chi connectivity index (χ1v) is 10.5. The Morgan fingerprint density at radius 1 is 1.26 bits per heavy atom. The summed E-state index contributed by atoms with van der Waals surface area (Å²) >= 11 is 0. The zero-order valence-electron chi connectivity index (χ0n) is 18.8. The number of amides is 1. The van der Waals surface area contributed by atoms with E-state index in [-0.39, 0.29) is 11.6 Å². The summed E-state index contributed by atoms with van der Waals surface area (Å²) in [7, 11) is 0. The van der Waals surface area contributed by atoms with Crippen molar-refractivity contribution >= 4 is 11.5 Å². The van der Waals surface area contributed by atoms with Crippen LogP contribution in [0.15, 0.2) is 48.0 Å². The molecule has 7 heteroatoms. The molecule has 3 rings (SSSR count). The van der Waals surface area contributed by atoms with Gasteiger partial charge in [-0.15, -0.1) is 10.2 Å². The van der Waals surface area contributed by atoms with Crippen LogP contribution in [0.25, 0.3) is 5.57 Å². The summed E-state index contributed by atoms with van der Waals surface area (Å²) in [6.45, 7) is 11.4. The molecule has 1 aromatic carbocycles. The van der Waals surface area contributed by atoms with Crippen molar-refractivity contribution in [3.05, 3.63) is 76.3 Å². The van der Waals surface area contributed by atoms with Gasteiger partial charge in [-0.2, -0.15) is 0 Å². The monoisotopic (exact) mass is 423 g/mol. The first kappa shape index (κ1) is 22.6. The quantitative estimate of drug-likeness (QED) is 0.679. The van der Waals surface area contributed by atoms with E-state index >= 15 is 0 Å². The van der Waals surface area contributed by atoms with Gasteiger partial charge >= 0.3 is 0 Å². The summed E-state index contributed by atoms with van der Waals surface area (Å²) in [4.78, 5) is 12.8. The van der Waals surface area contributed by atoms with E-state index < -0.39 is 11.7 Å². The number of carbonyl (C=O) groups excluding carboxylic acids is 1. The third kappa shape index (κ3) is 5.35. The number of allylic oxidation sites excluding steroid dienone is 5. The predicted molar refractivity (Wildman–Crippen MR) is 121 cm³/mol. The molecule has 0 atom stereocenters. The molecule has 0 bridgehead atoms. The second-order valence-corrected chi connectivity index (χ2v) is 8.26. The third-order valence-corrected chi connectivity index (χ3v) is 5.30. The molecule has 6 nitrogen and oxygen atoms in total. The zero-order chi connectivity index (χ0) is 22.5. The van der Waals surface area contributed by atoms with Crippen LogP contribution in [-0.2, 0) is 13.0 Å². The highest BCUT2D eigenvalue weighted by Gasteiger charge is 2.18. The average molecular weight is 424 g/mol. The van der Waals surface area contributed by atoms with Gasteiger partial charge < -0.3 is 15.2 Å². The Balaban J connectivity index is 1.77. The topological polar surface area (TPSA) is 71.8 Å². The van der Waals surface area contributed by atoms with Crippen molar-refractivity contribution < 1.29 is 9.18 Å². The minimum atomic E-state index is -0.487. The van der Waals surface area contributed by atoms with Crippen LogP contribution < -0.4 is 10.6 Å². The molecule has 0 fully saturated rings. The number of aromatic nitrogens is 3. The molecule has 0 saturated carbocycles. The average Bonchev–Trinajstić information content (AvgIpc) is 3.22. The van der Waals surface area contributed by atoms with E-state index in [9.17, 15) is 9.18 Å². The molecule has 0 spiro atoms. The summed E-state index contributed by atoms with van der Waals surface area (Å²) in [6.07, 6.45) is 8.07. The fourth-order valence-electron chi connectivity index (χ4n) is 3.47. The number of hydrogen-bond donors (Lipinski definition) is 2. The van der Waals surface area contributed by atoms with Gasteiger partial charge in [0.05, 0.1) is 5.56 Å². The zero-order valence-corrected chi connectivity index (χ0v) is 18.8. The van der Waals surface area contributed by atoms with Gasteiger partial charge in [-0.3, -0.25) is 4.79 Å². The third-order valence-electron chi connectivity index (χ3n) is 5.30. The van der Waals surface area contributed by atoms with E-state index in [4.69, 9.17) is 0 Å². The van der Waals surface area contributed by atoms with Gasteiger partial charge in [0, 0.05) is 18.3 Å². The minimum absolute atomic E-state index is 0.0614. The summed E-state index contributed by atoms with van der Waals surface area (Å²) < 4.78 is 16.6. The van der Waals surface area contributed by atoms with Crippen LogP contribution in [0.4, 0.5) is 4.39 Å². The molecule has 2 aromatic rings. The number of halogens is 1. The number of rotatable bonds is 6. The van der Waals surface area contributed by atoms with Crippen molar-refractivity contribution in [3.8, 4) is 0 Å². The van der Waals surface area contributed by atoms with Gasteiger partial charge in [-0.05, 0) is 82.5 Å². The molecule has 0 radical (unpaired) electrons. The van der Waals surface area contributed by atoms with Crippen molar-refractivity contribution in [1.82, 2.24) is 25.4 Å². The maximum Gasteiger partial charge on any atom is 0.258 e. The van der Waals surface area contributed by atoms with Crippen LogP contribution in [-0.4, -0.2) is 27.2 Å². The molecular weight excluding hydrogens is 393 g/mol. The van der Waals surface area contributed by atoms with Gasteiger partial charge in [-0.1, -0.05) is 17.7 Å². The number of carbonyl (C=O) groups is 1. The smallest absolute Gasteiger partial charge is 0.258 e. The van der Waals surface area contributed by atoms with E-state index in [1.807, 2.05) is 43.6 Å². The number of nitrogens with zero attached hydrogens (tertiary/aromatic N) is 3. The van der Waals surface area contributed by atoms with Gasteiger partial charge in [-0.25, -0.2) is 4.39 Å². The van der Waals surface area contributed by atoms with Crippen LogP contribution in [0.3, 0.4) is 0 Å². The lowest BCUT2D eigenvalue weighted by Crippen LogP contribution is -2.27. The highest BCUT2D eigenvalue weighted by molar-refractivity contribution is 5.96. The number of benzene rings is 1. The van der Waals surface area contributed by atoms with Crippen molar-refractivity contribution in [1.29, 1.82) is 0 Å². The van der Waals surface area contributed by atoms with E-state index in [2.05, 4.69) is 34.7 Å². The number of hydrogen-bond acceptors (Lipinski definition) is 4. The van der Waals surface area contributed by atoms with Crippen LogP contribution >= 0.6 is 0 Å². The Morgan fingerprint density at radius 2 is 2.03 bits per heavy atom. The Kier molecular flexibility index (Phi) is 7.17. The first-order chi connectivity index (χ1) is 14.8. The largest absolute Gasteiger partial charge is 0.322 e. The van der Waals surface area contributed by atoms with Gasteiger partial charge in [0.25, 0.3) is 5.91 Å². The molecule has 2 heterocycles. The highest BCUT2D eigenvalue weighted by Crippen LogP contribution is 2.20. The highest BCUT2D eigenvalue weighted by atomic mass is 19.1. The molecule has 0 aliphatic carbocycles. The Hall–Kier alpha value is -3.06. The Bertz CT molecular complexity index is 1060.